The van der Waals surface area contributed by atoms with Crippen LogP contribution in [0.5, 0.6) is 0 Å². The molecule has 2 amide bonds. The Morgan fingerprint density at radius 1 is 1.12 bits per heavy atom. The van der Waals surface area contributed by atoms with Crippen LogP contribution < -0.4 is 5.32 Å². The molecule has 2 atom stereocenters. The molecule has 2 unspecified atom stereocenters. The maximum absolute atomic E-state index is 12.7. The number of carbonyl (C=O) groups excluding carboxylic acids is 3. The van der Waals surface area contributed by atoms with E-state index in [-0.39, 0.29) is 30.6 Å². The number of carbonyl (C=O) groups is 3. The lowest BCUT2D eigenvalue weighted by atomic mass is 9.79. The summed E-state index contributed by atoms with van der Waals surface area (Å²) < 4.78 is 10.6. The highest BCUT2D eigenvalue weighted by Gasteiger charge is 2.42. The molecule has 0 spiro atoms. The molecule has 32 heavy (non-hydrogen) atoms. The van der Waals surface area contributed by atoms with Crippen molar-refractivity contribution in [1.29, 1.82) is 0 Å². The van der Waals surface area contributed by atoms with Crippen molar-refractivity contribution in [2.75, 3.05) is 39.4 Å². The Morgan fingerprint density at radius 3 is 2.62 bits per heavy atom. The molecule has 4 aliphatic heterocycles. The van der Waals surface area contributed by atoms with E-state index in [1.807, 2.05) is 0 Å². The summed E-state index contributed by atoms with van der Waals surface area (Å²) in [5.41, 5.74) is 4.72. The van der Waals surface area contributed by atoms with Crippen LogP contribution in [0.25, 0.3) is 0 Å². The zero-order valence-corrected chi connectivity index (χ0v) is 18.8. The van der Waals surface area contributed by atoms with Crippen molar-refractivity contribution < 1.29 is 23.9 Å². The van der Waals surface area contributed by atoms with E-state index in [4.69, 9.17) is 9.47 Å². The molecule has 8 nitrogen and oxygen atoms in total. The molecule has 1 N–H and O–H groups in total. The first-order valence-electron chi connectivity index (χ1n) is 11.6. The summed E-state index contributed by atoms with van der Waals surface area (Å²) in [6.07, 6.45) is 5.09. The summed E-state index contributed by atoms with van der Waals surface area (Å²) in [5, 5.41) is 2.95. The molecular weight excluding hydrogens is 410 g/mol. The predicted octanol–water partition coefficient (Wildman–Crippen LogP) is 2.13. The maximum Gasteiger partial charge on any atom is 0.336 e. The Morgan fingerprint density at radius 2 is 1.91 bits per heavy atom. The van der Waals surface area contributed by atoms with Gasteiger partial charge in [0, 0.05) is 24.5 Å². The largest absolute Gasteiger partial charge is 0.496 e. The number of rotatable bonds is 5. The topological polar surface area (TPSA) is 88.2 Å². The van der Waals surface area contributed by atoms with Gasteiger partial charge in [0.2, 0.25) is 0 Å². The van der Waals surface area contributed by atoms with Crippen LogP contribution >= 0.6 is 0 Å². The van der Waals surface area contributed by atoms with Crippen molar-refractivity contribution >= 4 is 17.8 Å². The number of urea groups is 1. The number of ether oxygens (including phenoxy) is 2. The average molecular weight is 442 g/mol. The van der Waals surface area contributed by atoms with E-state index in [9.17, 15) is 14.4 Å². The van der Waals surface area contributed by atoms with Crippen molar-refractivity contribution in [3.63, 3.8) is 0 Å². The van der Waals surface area contributed by atoms with Gasteiger partial charge in [-0.2, -0.15) is 0 Å². The summed E-state index contributed by atoms with van der Waals surface area (Å²) in [5.74, 6) is 0.358. The number of ketones is 1. The maximum atomic E-state index is 12.7. The van der Waals surface area contributed by atoms with E-state index in [0.29, 0.717) is 42.5 Å². The van der Waals surface area contributed by atoms with Gasteiger partial charge in [0.1, 0.15) is 19.0 Å². The van der Waals surface area contributed by atoms with Crippen LogP contribution in [0.4, 0.5) is 4.79 Å². The smallest absolute Gasteiger partial charge is 0.336 e. The van der Waals surface area contributed by atoms with E-state index in [1.54, 1.807) is 18.1 Å². The average Bonchev–Trinajstić information content (AvgIpc) is 3.48. The van der Waals surface area contributed by atoms with Crippen LogP contribution in [-0.4, -0.2) is 73.0 Å². The number of nitrogens with one attached hydrogen (secondary N) is 1. The van der Waals surface area contributed by atoms with Crippen molar-refractivity contribution in [3.8, 4) is 0 Å². The minimum atomic E-state index is -0.331. The highest BCUT2D eigenvalue weighted by Crippen LogP contribution is 2.37. The van der Waals surface area contributed by atoms with E-state index in [0.717, 1.165) is 44.5 Å². The van der Waals surface area contributed by atoms with Crippen molar-refractivity contribution in [2.45, 2.75) is 45.6 Å². The number of nitrogens with zero attached hydrogens (tertiary/aromatic N) is 2. The van der Waals surface area contributed by atoms with Gasteiger partial charge in [-0.1, -0.05) is 5.57 Å². The molecule has 0 aromatic carbocycles. The number of hydrogen-bond acceptors (Lipinski definition) is 6. The predicted molar refractivity (Wildman–Crippen MR) is 116 cm³/mol. The summed E-state index contributed by atoms with van der Waals surface area (Å²) in [7, 11) is 0. The van der Waals surface area contributed by atoms with Gasteiger partial charge in [-0.15, -0.1) is 0 Å². The number of esters is 1. The van der Waals surface area contributed by atoms with E-state index in [2.05, 4.69) is 17.1 Å². The Balaban J connectivity index is 1.17. The van der Waals surface area contributed by atoms with Crippen LogP contribution in [0.1, 0.15) is 39.5 Å². The lowest BCUT2D eigenvalue weighted by molar-refractivity contribution is -0.136. The first-order valence-corrected chi connectivity index (χ1v) is 11.6. The Bertz CT molecular complexity index is 941. The molecule has 1 aliphatic carbocycles. The number of fused-ring (bicyclic) bond motifs is 1. The zero-order chi connectivity index (χ0) is 22.4. The molecular formula is C24H31N3O5. The number of amides is 2. The Kier molecular flexibility index (Phi) is 5.57. The fourth-order valence-corrected chi connectivity index (χ4v) is 5.86. The number of cyclic esters (lactones) is 1. The number of allylic oxidation sites excluding steroid dienone is 1. The Hall–Kier alpha value is -2.61. The van der Waals surface area contributed by atoms with Gasteiger partial charge in [0.15, 0.2) is 0 Å². The highest BCUT2D eigenvalue weighted by molar-refractivity contribution is 5.93. The van der Waals surface area contributed by atoms with E-state index < -0.39 is 0 Å². The van der Waals surface area contributed by atoms with Gasteiger partial charge in [-0.25, -0.2) is 9.59 Å². The summed E-state index contributed by atoms with van der Waals surface area (Å²) in [6.45, 7) is 8.03. The molecule has 8 heteroatoms. The van der Waals surface area contributed by atoms with E-state index in [1.165, 1.54) is 11.1 Å². The molecule has 2 saturated heterocycles. The van der Waals surface area contributed by atoms with Gasteiger partial charge in [-0.05, 0) is 64.2 Å². The standard InChI is InChI=1S/C24H31N3O5/c1-14-18(22(28)9-17-11-31-12-19(14)17)5-8-26-6-3-16(4-7-26)20-10-25-24(30)27(20)21-13-32-23(29)15(21)2/h11,16,18,20H,3-10,12-13H2,1-2H3,(H,25,30). The van der Waals surface area contributed by atoms with Crippen LogP contribution in [0.15, 0.2) is 34.3 Å². The number of Topliss-reactive ketones (excluding diaryl/α,β-unsaturated/α-hetero) is 1. The minimum Gasteiger partial charge on any atom is -0.496 e. The molecule has 0 aromatic heterocycles. The van der Waals surface area contributed by atoms with Crippen molar-refractivity contribution in [3.05, 3.63) is 34.3 Å². The first-order chi connectivity index (χ1) is 15.4. The van der Waals surface area contributed by atoms with Crippen LogP contribution in [0, 0.1) is 11.8 Å². The Labute approximate surface area is 188 Å². The number of likely N-dealkylation sites (tertiary alicyclic amines) is 1. The quantitative estimate of drug-likeness (QED) is 0.658. The molecule has 5 rings (SSSR count). The third-order valence-corrected chi connectivity index (χ3v) is 7.89. The van der Waals surface area contributed by atoms with Gasteiger partial charge in [-0.3, -0.25) is 9.69 Å². The molecule has 0 aromatic rings. The lowest BCUT2D eigenvalue weighted by Crippen LogP contribution is -2.45. The van der Waals surface area contributed by atoms with Crippen molar-refractivity contribution in [2.24, 2.45) is 11.8 Å². The third-order valence-electron chi connectivity index (χ3n) is 7.89. The summed E-state index contributed by atoms with van der Waals surface area (Å²) in [4.78, 5) is 41.2. The molecule has 4 heterocycles. The minimum absolute atomic E-state index is 0.00327. The van der Waals surface area contributed by atoms with Crippen molar-refractivity contribution in [1.82, 2.24) is 15.1 Å². The fourth-order valence-electron chi connectivity index (χ4n) is 5.86. The van der Waals surface area contributed by atoms with Gasteiger partial charge >= 0.3 is 12.0 Å². The molecule has 0 bridgehead atoms. The second-order valence-electron chi connectivity index (χ2n) is 9.55. The lowest BCUT2D eigenvalue weighted by Gasteiger charge is -2.38. The highest BCUT2D eigenvalue weighted by atomic mass is 16.5. The normalized spacial score (nSPS) is 29.4. The second-order valence-corrected chi connectivity index (χ2v) is 9.55. The SMILES string of the molecule is CC1=C(N2C(=O)NCC2C2CCN(CCC3C(=O)CC4=COCC4=C3C)CC2)COC1=O. The molecule has 0 radical (unpaired) electrons. The van der Waals surface area contributed by atoms with Gasteiger partial charge < -0.3 is 19.7 Å². The first kappa shape index (κ1) is 21.2. The summed E-state index contributed by atoms with van der Waals surface area (Å²) in [6, 6.07) is -0.0720. The monoisotopic (exact) mass is 441 g/mol. The summed E-state index contributed by atoms with van der Waals surface area (Å²) >= 11 is 0. The van der Waals surface area contributed by atoms with Crippen LogP contribution in [-0.2, 0) is 19.1 Å². The molecule has 172 valence electrons. The number of hydrogen-bond donors (Lipinski definition) is 1. The van der Waals surface area contributed by atoms with Gasteiger partial charge in [0.25, 0.3) is 0 Å². The van der Waals surface area contributed by atoms with E-state index >= 15 is 0 Å². The molecule has 0 saturated carbocycles. The van der Waals surface area contributed by atoms with Crippen LogP contribution in [0.3, 0.4) is 0 Å². The fraction of sp³-hybridized carbons (Fsp3) is 0.625. The van der Waals surface area contributed by atoms with Crippen LogP contribution in [0.2, 0.25) is 0 Å². The molecule has 5 aliphatic rings. The third kappa shape index (κ3) is 3.64. The van der Waals surface area contributed by atoms with Gasteiger partial charge in [0.05, 0.1) is 23.6 Å². The number of piperidine rings is 1. The zero-order valence-electron chi connectivity index (χ0n) is 18.8. The second kappa shape index (κ2) is 8.39. The molecule has 2 fully saturated rings.